The summed E-state index contributed by atoms with van der Waals surface area (Å²) in [7, 11) is 0. The molecule has 0 aliphatic carbocycles. The maximum absolute atomic E-state index is 11.7. The zero-order valence-corrected chi connectivity index (χ0v) is 10.4. The van der Waals surface area contributed by atoms with Gasteiger partial charge >= 0.3 is 0 Å². The third-order valence-corrected chi connectivity index (χ3v) is 2.71. The average Bonchev–Trinajstić information content (AvgIpc) is 2.01. The molecular formula is C11H13IO2. The van der Waals surface area contributed by atoms with Crippen molar-refractivity contribution in [1.29, 1.82) is 0 Å². The van der Waals surface area contributed by atoms with Crippen molar-refractivity contribution in [2.24, 2.45) is 0 Å². The first-order chi connectivity index (χ1) is 6.40. The smallest absolute Gasteiger partial charge is 0.166 e. The van der Waals surface area contributed by atoms with Crippen molar-refractivity contribution in [3.05, 3.63) is 33.4 Å². The van der Waals surface area contributed by atoms with Crippen molar-refractivity contribution in [3.8, 4) is 0 Å². The number of rotatable bonds is 3. The van der Waals surface area contributed by atoms with Crippen molar-refractivity contribution in [1.82, 2.24) is 0 Å². The average molecular weight is 304 g/mol. The number of benzene rings is 1. The lowest BCUT2D eigenvalue weighted by Crippen LogP contribution is -2.23. The van der Waals surface area contributed by atoms with Gasteiger partial charge in [0.25, 0.3) is 0 Å². The molecule has 0 heterocycles. The summed E-state index contributed by atoms with van der Waals surface area (Å²) in [6, 6.07) is 7.40. The monoisotopic (exact) mass is 304 g/mol. The third kappa shape index (κ3) is 3.38. The summed E-state index contributed by atoms with van der Waals surface area (Å²) in [5, 5.41) is 9.52. The van der Waals surface area contributed by atoms with E-state index in [0.29, 0.717) is 5.56 Å². The van der Waals surface area contributed by atoms with E-state index < -0.39 is 5.60 Å². The Bertz CT molecular complexity index is 339. The minimum absolute atomic E-state index is 0.0116. The fourth-order valence-electron chi connectivity index (χ4n) is 1.18. The fourth-order valence-corrected chi connectivity index (χ4v) is 1.86. The molecule has 0 aromatic heterocycles. The van der Waals surface area contributed by atoms with E-state index in [1.807, 2.05) is 18.2 Å². The lowest BCUT2D eigenvalue weighted by molar-refractivity contribution is 0.0587. The molecule has 1 N–H and O–H groups in total. The molecule has 3 heteroatoms. The topological polar surface area (TPSA) is 37.3 Å². The molecule has 0 saturated heterocycles. The summed E-state index contributed by atoms with van der Waals surface area (Å²) in [5.41, 5.74) is -0.244. The van der Waals surface area contributed by atoms with E-state index in [1.54, 1.807) is 19.9 Å². The van der Waals surface area contributed by atoms with Crippen LogP contribution in [-0.2, 0) is 0 Å². The van der Waals surface area contributed by atoms with Crippen molar-refractivity contribution < 1.29 is 9.90 Å². The zero-order valence-electron chi connectivity index (χ0n) is 8.25. The van der Waals surface area contributed by atoms with Crippen LogP contribution in [0.4, 0.5) is 0 Å². The second-order valence-corrected chi connectivity index (χ2v) is 5.05. The van der Waals surface area contributed by atoms with E-state index in [4.69, 9.17) is 0 Å². The van der Waals surface area contributed by atoms with Gasteiger partial charge in [-0.3, -0.25) is 4.79 Å². The summed E-state index contributed by atoms with van der Waals surface area (Å²) < 4.78 is 0.930. The number of ketones is 1. The molecule has 0 bridgehead atoms. The predicted molar refractivity (Wildman–Crippen MR) is 64.4 cm³/mol. The highest BCUT2D eigenvalue weighted by Crippen LogP contribution is 2.17. The molecule has 1 rings (SSSR count). The second-order valence-electron chi connectivity index (χ2n) is 3.89. The van der Waals surface area contributed by atoms with E-state index >= 15 is 0 Å². The van der Waals surface area contributed by atoms with E-state index in [0.717, 1.165) is 3.57 Å². The van der Waals surface area contributed by atoms with Crippen LogP contribution >= 0.6 is 22.6 Å². The largest absolute Gasteiger partial charge is 0.390 e. The van der Waals surface area contributed by atoms with Gasteiger partial charge in [0.2, 0.25) is 0 Å². The molecule has 2 nitrogen and oxygen atoms in total. The molecule has 1 aromatic rings. The SMILES string of the molecule is CC(C)(O)CC(=O)c1ccccc1I. The molecule has 0 spiro atoms. The van der Waals surface area contributed by atoms with Gasteiger partial charge < -0.3 is 5.11 Å². The number of carbonyl (C=O) groups excluding carboxylic acids is 1. The van der Waals surface area contributed by atoms with Gasteiger partial charge in [-0.25, -0.2) is 0 Å². The molecule has 0 saturated carbocycles. The van der Waals surface area contributed by atoms with Crippen molar-refractivity contribution in [2.45, 2.75) is 25.9 Å². The van der Waals surface area contributed by atoms with Crippen LogP contribution in [0.3, 0.4) is 0 Å². The van der Waals surface area contributed by atoms with E-state index in [9.17, 15) is 9.90 Å². The normalized spacial score (nSPS) is 11.4. The van der Waals surface area contributed by atoms with E-state index in [-0.39, 0.29) is 12.2 Å². The lowest BCUT2D eigenvalue weighted by atomic mass is 9.98. The zero-order chi connectivity index (χ0) is 10.8. The Morgan fingerprint density at radius 1 is 1.43 bits per heavy atom. The first-order valence-corrected chi connectivity index (χ1v) is 5.48. The van der Waals surface area contributed by atoms with Gasteiger partial charge in [-0.05, 0) is 42.5 Å². The first-order valence-electron chi connectivity index (χ1n) is 4.40. The minimum atomic E-state index is -0.935. The van der Waals surface area contributed by atoms with Gasteiger partial charge in [-0.1, -0.05) is 18.2 Å². The molecule has 0 fully saturated rings. The highest BCUT2D eigenvalue weighted by molar-refractivity contribution is 14.1. The maximum atomic E-state index is 11.7. The summed E-state index contributed by atoms with van der Waals surface area (Å²) >= 11 is 2.12. The number of halogens is 1. The Labute approximate surface area is 97.5 Å². The highest BCUT2D eigenvalue weighted by atomic mass is 127. The van der Waals surface area contributed by atoms with Crippen LogP contribution in [0.2, 0.25) is 0 Å². The lowest BCUT2D eigenvalue weighted by Gasteiger charge is -2.16. The fraction of sp³-hybridized carbons (Fsp3) is 0.364. The first kappa shape index (κ1) is 11.7. The van der Waals surface area contributed by atoms with Crippen LogP contribution < -0.4 is 0 Å². The standard InChI is InChI=1S/C11H13IO2/c1-11(2,14)7-10(13)8-5-3-4-6-9(8)12/h3-6,14H,7H2,1-2H3. The maximum Gasteiger partial charge on any atom is 0.166 e. The summed E-state index contributed by atoms with van der Waals surface area (Å²) in [6.07, 6.45) is 0.160. The molecular weight excluding hydrogens is 291 g/mol. The van der Waals surface area contributed by atoms with E-state index in [1.165, 1.54) is 0 Å². The van der Waals surface area contributed by atoms with Crippen LogP contribution in [0, 0.1) is 3.57 Å². The third-order valence-electron chi connectivity index (χ3n) is 1.77. The minimum Gasteiger partial charge on any atom is -0.390 e. The van der Waals surface area contributed by atoms with Crippen LogP contribution in [0.15, 0.2) is 24.3 Å². The number of carbonyl (C=O) groups is 1. The number of hydrogen-bond acceptors (Lipinski definition) is 2. The van der Waals surface area contributed by atoms with Crippen LogP contribution in [0.5, 0.6) is 0 Å². The van der Waals surface area contributed by atoms with E-state index in [2.05, 4.69) is 22.6 Å². The van der Waals surface area contributed by atoms with Gasteiger partial charge in [0.15, 0.2) is 5.78 Å². The number of aliphatic hydroxyl groups is 1. The highest BCUT2D eigenvalue weighted by Gasteiger charge is 2.20. The molecule has 1 aromatic carbocycles. The van der Waals surface area contributed by atoms with Gasteiger partial charge in [0, 0.05) is 15.6 Å². The number of Topliss-reactive ketones (excluding diaryl/α,β-unsaturated/α-hetero) is 1. The van der Waals surface area contributed by atoms with Gasteiger partial charge in [-0.15, -0.1) is 0 Å². The Morgan fingerprint density at radius 2 is 2.00 bits per heavy atom. The van der Waals surface area contributed by atoms with Crippen molar-refractivity contribution in [2.75, 3.05) is 0 Å². The Kier molecular flexibility index (Phi) is 3.66. The Hall–Kier alpha value is -0.420. The molecule has 0 atom stereocenters. The summed E-state index contributed by atoms with van der Waals surface area (Å²) in [5.74, 6) is -0.0116. The molecule has 0 unspecified atom stereocenters. The molecule has 0 amide bonds. The quantitative estimate of drug-likeness (QED) is 0.688. The molecule has 0 aliphatic heterocycles. The Balaban J connectivity index is 2.86. The molecule has 0 radical (unpaired) electrons. The van der Waals surface area contributed by atoms with Crippen molar-refractivity contribution >= 4 is 28.4 Å². The van der Waals surface area contributed by atoms with Gasteiger partial charge in [-0.2, -0.15) is 0 Å². The number of hydrogen-bond donors (Lipinski definition) is 1. The van der Waals surface area contributed by atoms with Crippen LogP contribution in [-0.4, -0.2) is 16.5 Å². The Morgan fingerprint density at radius 3 is 2.50 bits per heavy atom. The van der Waals surface area contributed by atoms with Crippen LogP contribution in [0.1, 0.15) is 30.6 Å². The summed E-state index contributed by atoms with van der Waals surface area (Å²) in [4.78, 5) is 11.7. The van der Waals surface area contributed by atoms with Crippen molar-refractivity contribution in [3.63, 3.8) is 0 Å². The molecule has 0 aliphatic rings. The van der Waals surface area contributed by atoms with Gasteiger partial charge in [0.05, 0.1) is 5.60 Å². The summed E-state index contributed by atoms with van der Waals surface area (Å²) in [6.45, 7) is 3.28. The van der Waals surface area contributed by atoms with Crippen LogP contribution in [0.25, 0.3) is 0 Å². The van der Waals surface area contributed by atoms with Gasteiger partial charge in [0.1, 0.15) is 0 Å². The molecule has 76 valence electrons. The second kappa shape index (κ2) is 4.40. The molecule has 14 heavy (non-hydrogen) atoms. The predicted octanol–water partition coefficient (Wildman–Crippen LogP) is 2.63.